The lowest BCUT2D eigenvalue weighted by Crippen LogP contribution is -2.50. The Morgan fingerprint density at radius 3 is 2.48 bits per heavy atom. The van der Waals surface area contributed by atoms with Crippen molar-refractivity contribution in [2.24, 2.45) is 5.92 Å². The molecule has 1 unspecified atom stereocenters. The van der Waals surface area contributed by atoms with Crippen LogP contribution in [0.25, 0.3) is 0 Å². The number of piperidine rings is 2. The van der Waals surface area contributed by atoms with Gasteiger partial charge in [0, 0.05) is 37.9 Å². The highest BCUT2D eigenvalue weighted by Gasteiger charge is 2.34. The van der Waals surface area contributed by atoms with Crippen LogP contribution in [0.15, 0.2) is 46.0 Å². The number of sulfonamides is 1. The Morgan fingerprint density at radius 2 is 1.84 bits per heavy atom. The molecule has 0 radical (unpaired) electrons. The monoisotopic (exact) mass is 463 g/mol. The zero-order chi connectivity index (χ0) is 21.8. The third kappa shape index (κ3) is 5.05. The van der Waals surface area contributed by atoms with Crippen molar-refractivity contribution in [3.63, 3.8) is 0 Å². The van der Waals surface area contributed by atoms with Gasteiger partial charge in [-0.2, -0.15) is 4.31 Å². The molecule has 168 valence electrons. The molecule has 1 amide bonds. The molecule has 2 fully saturated rings. The van der Waals surface area contributed by atoms with E-state index in [2.05, 4.69) is 22.3 Å². The zero-order valence-electron chi connectivity index (χ0n) is 17.7. The highest BCUT2D eigenvalue weighted by Crippen LogP contribution is 2.27. The van der Waals surface area contributed by atoms with Crippen molar-refractivity contribution in [1.29, 1.82) is 0 Å². The van der Waals surface area contributed by atoms with Crippen molar-refractivity contribution in [1.82, 2.24) is 9.62 Å². The maximum atomic E-state index is 12.9. The average molecular weight is 464 g/mol. The highest BCUT2D eigenvalue weighted by molar-refractivity contribution is 7.91. The summed E-state index contributed by atoms with van der Waals surface area (Å²) in [4.78, 5) is 15.2. The van der Waals surface area contributed by atoms with E-state index in [0.29, 0.717) is 17.2 Å². The lowest BCUT2D eigenvalue weighted by atomic mass is 9.97. The Hall–Kier alpha value is -2.10. The Balaban J connectivity index is 1.29. The van der Waals surface area contributed by atoms with E-state index >= 15 is 0 Å². The van der Waals surface area contributed by atoms with Gasteiger partial charge in [-0.15, -0.1) is 11.3 Å². The number of amides is 1. The van der Waals surface area contributed by atoms with Crippen LogP contribution in [0.3, 0.4) is 0 Å². The molecule has 2 aliphatic rings. The molecule has 2 saturated heterocycles. The summed E-state index contributed by atoms with van der Waals surface area (Å²) in [6, 6.07) is 11.5. The number of nitrogens with one attached hydrogen (secondary N) is 1. The molecule has 3 heterocycles. The van der Waals surface area contributed by atoms with E-state index < -0.39 is 10.0 Å². The lowest BCUT2D eigenvalue weighted by molar-refractivity contribution is -0.126. The quantitative estimate of drug-likeness (QED) is 0.713. The first-order valence-electron chi connectivity index (χ1n) is 10.7. The van der Waals surface area contributed by atoms with Gasteiger partial charge in [0.05, 0.1) is 13.0 Å². The van der Waals surface area contributed by atoms with Crippen LogP contribution in [-0.2, 0) is 14.8 Å². The minimum Gasteiger partial charge on any atom is -0.497 e. The number of hydrogen-bond donors (Lipinski definition) is 1. The van der Waals surface area contributed by atoms with Gasteiger partial charge in [-0.3, -0.25) is 4.79 Å². The number of ether oxygens (including phenoxy) is 1. The molecule has 0 spiro atoms. The predicted molar refractivity (Wildman–Crippen MR) is 122 cm³/mol. The van der Waals surface area contributed by atoms with E-state index in [9.17, 15) is 13.2 Å². The second kappa shape index (κ2) is 9.58. The van der Waals surface area contributed by atoms with E-state index in [1.54, 1.807) is 24.6 Å². The summed E-state index contributed by atoms with van der Waals surface area (Å²) in [6.07, 6.45) is 3.19. The number of hydrogen-bond acceptors (Lipinski definition) is 6. The summed E-state index contributed by atoms with van der Waals surface area (Å²) in [6.45, 7) is 2.49. The fourth-order valence-corrected chi connectivity index (χ4v) is 6.97. The minimum absolute atomic E-state index is 0.0195. The number of carbonyl (C=O) groups excluding carboxylic acids is 1. The van der Waals surface area contributed by atoms with Crippen molar-refractivity contribution in [2.45, 2.75) is 35.9 Å². The predicted octanol–water partition coefficient (Wildman–Crippen LogP) is 2.94. The zero-order valence-corrected chi connectivity index (χ0v) is 19.3. The maximum absolute atomic E-state index is 12.9. The maximum Gasteiger partial charge on any atom is 0.252 e. The number of benzene rings is 1. The number of methoxy groups -OCH3 is 1. The van der Waals surface area contributed by atoms with Gasteiger partial charge in [-0.25, -0.2) is 8.42 Å². The largest absolute Gasteiger partial charge is 0.497 e. The molecule has 0 saturated carbocycles. The number of rotatable bonds is 6. The number of carbonyl (C=O) groups is 1. The van der Waals surface area contributed by atoms with E-state index in [4.69, 9.17) is 4.74 Å². The molecule has 0 aliphatic carbocycles. The van der Waals surface area contributed by atoms with Gasteiger partial charge >= 0.3 is 0 Å². The molecule has 9 heteroatoms. The molecule has 1 aromatic carbocycles. The number of anilines is 1. The lowest BCUT2D eigenvalue weighted by Gasteiger charge is -2.36. The summed E-state index contributed by atoms with van der Waals surface area (Å²) in [5.74, 6) is 0.533. The van der Waals surface area contributed by atoms with Crippen LogP contribution in [0.4, 0.5) is 5.69 Å². The van der Waals surface area contributed by atoms with Crippen molar-refractivity contribution in [2.75, 3.05) is 38.2 Å². The Bertz CT molecular complexity index is 969. The fraction of sp³-hybridized carbons (Fsp3) is 0.500. The van der Waals surface area contributed by atoms with Crippen molar-refractivity contribution in [3.05, 3.63) is 41.8 Å². The van der Waals surface area contributed by atoms with Crippen LogP contribution in [0, 0.1) is 5.92 Å². The first-order chi connectivity index (χ1) is 15.0. The van der Waals surface area contributed by atoms with Crippen molar-refractivity contribution >= 4 is 33.0 Å². The van der Waals surface area contributed by atoms with Gasteiger partial charge in [0.15, 0.2) is 0 Å². The standard InChI is InChI=1S/C22H29N3O4S2/c1-29-20-8-6-19(7-9-20)24-13-10-18(11-14-24)23-22(26)17-4-2-12-25(16-17)31(27,28)21-5-3-15-30-21/h3,5-9,15,17-18H,2,4,10-14,16H2,1H3,(H,23,26). The third-order valence-electron chi connectivity index (χ3n) is 6.12. The summed E-state index contributed by atoms with van der Waals surface area (Å²) in [7, 11) is -1.85. The molecular weight excluding hydrogens is 434 g/mol. The average Bonchev–Trinajstić information content (AvgIpc) is 3.36. The molecule has 0 bridgehead atoms. The number of nitrogens with zero attached hydrogens (tertiary/aromatic N) is 2. The van der Waals surface area contributed by atoms with Gasteiger partial charge in [0.25, 0.3) is 10.0 Å². The van der Waals surface area contributed by atoms with Gasteiger partial charge in [-0.1, -0.05) is 6.07 Å². The smallest absolute Gasteiger partial charge is 0.252 e. The fourth-order valence-electron chi connectivity index (χ4n) is 4.31. The van der Waals surface area contributed by atoms with Crippen LogP contribution in [0.5, 0.6) is 5.75 Å². The molecule has 2 aromatic rings. The SMILES string of the molecule is COc1ccc(N2CCC(NC(=O)C3CCCN(S(=O)(=O)c4cccs4)C3)CC2)cc1. The van der Waals surface area contributed by atoms with Crippen LogP contribution in [0.2, 0.25) is 0 Å². The summed E-state index contributed by atoms with van der Waals surface area (Å²) < 4.78 is 32.7. The molecule has 4 rings (SSSR count). The minimum atomic E-state index is -3.50. The van der Waals surface area contributed by atoms with Gasteiger partial charge in [-0.05, 0) is 61.4 Å². The number of thiophene rings is 1. The molecular formula is C22H29N3O4S2. The van der Waals surface area contributed by atoms with Crippen LogP contribution in [0.1, 0.15) is 25.7 Å². The van der Waals surface area contributed by atoms with Crippen LogP contribution < -0.4 is 15.0 Å². The highest BCUT2D eigenvalue weighted by atomic mass is 32.2. The molecule has 31 heavy (non-hydrogen) atoms. The summed E-state index contributed by atoms with van der Waals surface area (Å²) >= 11 is 1.22. The molecule has 1 N–H and O–H groups in total. The topological polar surface area (TPSA) is 79.0 Å². The Labute approximate surface area is 188 Å². The molecule has 1 aromatic heterocycles. The Kier molecular flexibility index (Phi) is 6.83. The Morgan fingerprint density at radius 1 is 1.10 bits per heavy atom. The first-order valence-corrected chi connectivity index (χ1v) is 13.0. The van der Waals surface area contributed by atoms with Crippen LogP contribution in [-0.4, -0.2) is 58.0 Å². The van der Waals surface area contributed by atoms with E-state index in [1.165, 1.54) is 15.6 Å². The van der Waals surface area contributed by atoms with E-state index in [-0.39, 0.29) is 24.4 Å². The third-order valence-corrected chi connectivity index (χ3v) is 9.36. The first kappa shape index (κ1) is 22.1. The van der Waals surface area contributed by atoms with E-state index in [1.807, 2.05) is 12.1 Å². The normalized spacial score (nSPS) is 21.1. The molecule has 7 nitrogen and oxygen atoms in total. The molecule has 1 atom stereocenters. The summed E-state index contributed by atoms with van der Waals surface area (Å²) in [5.41, 5.74) is 1.16. The van der Waals surface area contributed by atoms with Crippen molar-refractivity contribution < 1.29 is 17.9 Å². The second-order valence-corrected chi connectivity index (χ2v) is 11.2. The van der Waals surface area contributed by atoms with Crippen molar-refractivity contribution in [3.8, 4) is 5.75 Å². The van der Waals surface area contributed by atoms with Gasteiger partial charge in [0.2, 0.25) is 5.91 Å². The molecule has 2 aliphatic heterocycles. The van der Waals surface area contributed by atoms with Crippen LogP contribution >= 0.6 is 11.3 Å². The van der Waals surface area contributed by atoms with E-state index in [0.717, 1.165) is 43.8 Å². The van der Waals surface area contributed by atoms with Gasteiger partial charge < -0.3 is 15.0 Å². The second-order valence-electron chi connectivity index (χ2n) is 8.10. The summed E-state index contributed by atoms with van der Waals surface area (Å²) in [5, 5.41) is 4.94. The van der Waals surface area contributed by atoms with Gasteiger partial charge in [0.1, 0.15) is 9.96 Å².